The number of rotatable bonds is 9. The molecule has 8 nitrogen and oxygen atoms in total. The number of carbonyl (C=O) groups is 3. The number of hydrogen-bond donors (Lipinski definition) is 2. The van der Waals surface area contributed by atoms with Gasteiger partial charge >= 0.3 is 6.09 Å². The van der Waals surface area contributed by atoms with E-state index in [4.69, 9.17) is 9.47 Å². The molecule has 192 valence electrons. The molecule has 37 heavy (non-hydrogen) atoms. The van der Waals surface area contributed by atoms with E-state index in [0.29, 0.717) is 29.0 Å². The molecule has 2 N–H and O–H groups in total. The van der Waals surface area contributed by atoms with Crippen molar-refractivity contribution in [3.8, 4) is 0 Å². The number of halogens is 1. The lowest BCUT2D eigenvalue weighted by molar-refractivity contribution is -0.126. The van der Waals surface area contributed by atoms with Gasteiger partial charge in [0.15, 0.2) is 12.1 Å². The number of anilines is 1. The normalized spacial score (nSPS) is 16.8. The Bertz CT molecular complexity index is 1250. The molecule has 0 radical (unpaired) electrons. The van der Waals surface area contributed by atoms with Crippen LogP contribution in [0.4, 0.5) is 14.9 Å². The van der Waals surface area contributed by atoms with Crippen LogP contribution in [0.15, 0.2) is 72.8 Å². The molecule has 0 aliphatic carbocycles. The zero-order chi connectivity index (χ0) is 26.4. The van der Waals surface area contributed by atoms with E-state index in [0.717, 1.165) is 5.56 Å². The number of ether oxygens (including phenoxy) is 2. The van der Waals surface area contributed by atoms with Crippen molar-refractivity contribution in [1.82, 2.24) is 10.2 Å². The maximum atomic E-state index is 13.4. The van der Waals surface area contributed by atoms with E-state index >= 15 is 0 Å². The summed E-state index contributed by atoms with van der Waals surface area (Å²) in [6.45, 7) is 2.59. The van der Waals surface area contributed by atoms with Gasteiger partial charge in [-0.2, -0.15) is 0 Å². The third-order valence-electron chi connectivity index (χ3n) is 6.04. The Morgan fingerprint density at radius 2 is 1.68 bits per heavy atom. The van der Waals surface area contributed by atoms with E-state index in [9.17, 15) is 18.8 Å². The Labute approximate surface area is 214 Å². The van der Waals surface area contributed by atoms with Crippen molar-refractivity contribution in [1.29, 1.82) is 0 Å². The SMILES string of the molecule is COCCNC(=O)[C@@H]1[C@H](c2ccc(NC(=O)c3ccc(C)cc3)cc2)OC(=O)N1Cc1ccc(F)cc1. The second-order valence-corrected chi connectivity index (χ2v) is 8.73. The molecule has 1 aliphatic heterocycles. The first-order chi connectivity index (χ1) is 17.9. The van der Waals surface area contributed by atoms with Gasteiger partial charge in [0.05, 0.1) is 13.2 Å². The van der Waals surface area contributed by atoms with E-state index in [-0.39, 0.29) is 19.0 Å². The topological polar surface area (TPSA) is 97.0 Å². The number of cyclic esters (lactones) is 1. The number of methoxy groups -OCH3 is 1. The third kappa shape index (κ3) is 6.31. The van der Waals surface area contributed by atoms with Crippen LogP contribution >= 0.6 is 0 Å². The zero-order valence-corrected chi connectivity index (χ0v) is 20.6. The summed E-state index contributed by atoms with van der Waals surface area (Å²) in [5, 5.41) is 5.61. The van der Waals surface area contributed by atoms with Crippen LogP contribution in [0.25, 0.3) is 0 Å². The second kappa shape index (κ2) is 11.7. The minimum Gasteiger partial charge on any atom is -0.438 e. The standard InChI is InChI=1S/C28H28FN3O5/c1-18-3-7-21(8-4-18)26(33)31-23-13-9-20(10-14-23)25-24(27(34)30-15-16-36-2)32(28(35)37-25)17-19-5-11-22(29)12-6-19/h3-14,24-25H,15-17H2,1-2H3,(H,30,34)(H,31,33)/t24-,25-/m0/s1. The molecule has 9 heteroatoms. The molecule has 3 aromatic carbocycles. The van der Waals surface area contributed by atoms with Crippen LogP contribution in [-0.4, -0.2) is 49.1 Å². The number of nitrogens with one attached hydrogen (secondary N) is 2. The third-order valence-corrected chi connectivity index (χ3v) is 6.04. The van der Waals surface area contributed by atoms with Gasteiger partial charge in [0, 0.05) is 24.9 Å². The Hall–Kier alpha value is -4.24. The highest BCUT2D eigenvalue weighted by atomic mass is 19.1. The Morgan fingerprint density at radius 3 is 2.32 bits per heavy atom. The summed E-state index contributed by atoms with van der Waals surface area (Å²) in [5.74, 6) is -1.04. The summed E-state index contributed by atoms with van der Waals surface area (Å²) in [4.78, 5) is 39.8. The molecular formula is C28H28FN3O5. The number of benzene rings is 3. The summed E-state index contributed by atoms with van der Waals surface area (Å²) in [5.41, 5.74) is 3.39. The van der Waals surface area contributed by atoms with E-state index in [2.05, 4.69) is 10.6 Å². The Morgan fingerprint density at radius 1 is 1.00 bits per heavy atom. The summed E-state index contributed by atoms with van der Waals surface area (Å²) >= 11 is 0. The van der Waals surface area contributed by atoms with Gasteiger partial charge in [0.2, 0.25) is 5.91 Å². The molecule has 1 fully saturated rings. The van der Waals surface area contributed by atoms with Crippen molar-refractivity contribution in [2.24, 2.45) is 0 Å². The molecule has 4 rings (SSSR count). The van der Waals surface area contributed by atoms with E-state index in [1.807, 2.05) is 19.1 Å². The van der Waals surface area contributed by atoms with E-state index < -0.39 is 30.0 Å². The van der Waals surface area contributed by atoms with Gasteiger partial charge in [-0.3, -0.25) is 14.5 Å². The van der Waals surface area contributed by atoms with Crippen LogP contribution in [0.1, 0.15) is 33.2 Å². The van der Waals surface area contributed by atoms with Crippen molar-refractivity contribution in [3.63, 3.8) is 0 Å². The number of carbonyl (C=O) groups excluding carboxylic acids is 3. The maximum Gasteiger partial charge on any atom is 0.411 e. The molecule has 1 aliphatic rings. The average molecular weight is 506 g/mol. The van der Waals surface area contributed by atoms with Crippen molar-refractivity contribution >= 4 is 23.6 Å². The van der Waals surface area contributed by atoms with Crippen molar-refractivity contribution in [2.45, 2.75) is 25.6 Å². The maximum absolute atomic E-state index is 13.4. The van der Waals surface area contributed by atoms with Gasteiger partial charge in [0.25, 0.3) is 5.91 Å². The second-order valence-electron chi connectivity index (χ2n) is 8.73. The molecule has 3 amide bonds. The highest BCUT2D eigenvalue weighted by molar-refractivity contribution is 6.04. The first kappa shape index (κ1) is 25.8. The van der Waals surface area contributed by atoms with Gasteiger partial charge in [-0.1, -0.05) is 42.0 Å². The molecule has 2 atom stereocenters. The molecule has 0 bridgehead atoms. The Kier molecular flexibility index (Phi) is 8.15. The summed E-state index contributed by atoms with van der Waals surface area (Å²) in [7, 11) is 1.52. The van der Waals surface area contributed by atoms with Gasteiger partial charge in [-0.05, 0) is 54.4 Å². The first-order valence-electron chi connectivity index (χ1n) is 11.8. The summed E-state index contributed by atoms with van der Waals surface area (Å²) in [6.07, 6.45) is -1.53. The van der Waals surface area contributed by atoms with Crippen LogP contribution in [0.5, 0.6) is 0 Å². The molecular weight excluding hydrogens is 477 g/mol. The largest absolute Gasteiger partial charge is 0.438 e. The zero-order valence-electron chi connectivity index (χ0n) is 20.6. The molecule has 0 unspecified atom stereocenters. The van der Waals surface area contributed by atoms with E-state index in [1.165, 1.54) is 24.1 Å². The lowest BCUT2D eigenvalue weighted by atomic mass is 10.00. The van der Waals surface area contributed by atoms with Gasteiger partial charge in [-0.15, -0.1) is 0 Å². The highest BCUT2D eigenvalue weighted by Crippen LogP contribution is 2.34. The van der Waals surface area contributed by atoms with Crippen LogP contribution in [0.3, 0.4) is 0 Å². The van der Waals surface area contributed by atoms with Crippen LogP contribution in [0, 0.1) is 12.7 Å². The van der Waals surface area contributed by atoms with Gasteiger partial charge < -0.3 is 20.1 Å². The van der Waals surface area contributed by atoms with Gasteiger partial charge in [0.1, 0.15) is 5.82 Å². The predicted octanol–water partition coefficient (Wildman–Crippen LogP) is 4.21. The number of nitrogens with zero attached hydrogens (tertiary/aromatic N) is 1. The predicted molar refractivity (Wildman–Crippen MR) is 135 cm³/mol. The van der Waals surface area contributed by atoms with Crippen molar-refractivity contribution < 1.29 is 28.2 Å². The molecule has 0 spiro atoms. The lowest BCUT2D eigenvalue weighted by Gasteiger charge is -2.24. The minimum absolute atomic E-state index is 0.0721. The van der Waals surface area contributed by atoms with Crippen molar-refractivity contribution in [2.75, 3.05) is 25.6 Å². The fourth-order valence-corrected chi connectivity index (χ4v) is 4.04. The van der Waals surface area contributed by atoms with Crippen LogP contribution < -0.4 is 10.6 Å². The fraction of sp³-hybridized carbons (Fsp3) is 0.250. The molecule has 0 saturated carbocycles. The molecule has 3 aromatic rings. The number of aryl methyl sites for hydroxylation is 1. The molecule has 1 heterocycles. The smallest absolute Gasteiger partial charge is 0.411 e. The highest BCUT2D eigenvalue weighted by Gasteiger charge is 2.46. The fourth-order valence-electron chi connectivity index (χ4n) is 4.04. The summed E-state index contributed by atoms with van der Waals surface area (Å²) in [6, 6.07) is 18.8. The van der Waals surface area contributed by atoms with Crippen molar-refractivity contribution in [3.05, 3.63) is 101 Å². The molecule has 1 saturated heterocycles. The number of amides is 3. The molecule has 0 aromatic heterocycles. The quantitative estimate of drug-likeness (QED) is 0.425. The number of hydrogen-bond acceptors (Lipinski definition) is 5. The minimum atomic E-state index is -0.956. The summed E-state index contributed by atoms with van der Waals surface area (Å²) < 4.78 is 24.0. The van der Waals surface area contributed by atoms with Crippen LogP contribution in [0.2, 0.25) is 0 Å². The van der Waals surface area contributed by atoms with Gasteiger partial charge in [-0.25, -0.2) is 9.18 Å². The monoisotopic (exact) mass is 505 g/mol. The first-order valence-corrected chi connectivity index (χ1v) is 11.8. The van der Waals surface area contributed by atoms with Crippen LogP contribution in [-0.2, 0) is 20.8 Å². The average Bonchev–Trinajstić information content (AvgIpc) is 3.22. The Balaban J connectivity index is 1.53. The van der Waals surface area contributed by atoms with E-state index in [1.54, 1.807) is 48.5 Å². The lowest BCUT2D eigenvalue weighted by Crippen LogP contribution is -2.47.